The number of ether oxygens (including phenoxy) is 1. The van der Waals surface area contributed by atoms with Crippen molar-refractivity contribution in [2.24, 2.45) is 0 Å². The van der Waals surface area contributed by atoms with Gasteiger partial charge in [0.25, 0.3) is 5.88 Å². The normalized spacial score (nSPS) is 8.89. The summed E-state index contributed by atoms with van der Waals surface area (Å²) in [6, 6.07) is 0. The third kappa shape index (κ3) is 7.80. The highest BCUT2D eigenvalue weighted by Crippen LogP contribution is 2.01. The smallest absolute Gasteiger partial charge is 0.260 e. The summed E-state index contributed by atoms with van der Waals surface area (Å²) in [5.74, 6) is 1.62. The van der Waals surface area contributed by atoms with E-state index in [4.69, 9.17) is 11.3 Å². The van der Waals surface area contributed by atoms with Crippen molar-refractivity contribution in [1.82, 2.24) is 0 Å². The largest absolute Gasteiger partial charge is 0.385 e. The molecule has 0 saturated carbocycles. The lowest BCUT2D eigenvalue weighted by atomic mass is 10.5. The second kappa shape index (κ2) is 7.80. The molecule has 0 aromatic rings. The quantitative estimate of drug-likeness (QED) is 0.431. The molecule has 0 aromatic carbocycles. The van der Waals surface area contributed by atoms with Crippen LogP contribution in [0.4, 0.5) is 0 Å². The number of nitrogens with zero attached hydrogens (tertiary/aromatic N) is 1. The van der Waals surface area contributed by atoms with Crippen LogP contribution in [0.2, 0.25) is 0 Å². The predicted molar refractivity (Wildman–Crippen MR) is 40.4 cm³/mol. The molecule has 0 amide bonds. The van der Waals surface area contributed by atoms with Crippen LogP contribution in [0.15, 0.2) is 0 Å². The Morgan fingerprint density at radius 1 is 1.67 bits per heavy atom. The van der Waals surface area contributed by atoms with E-state index in [9.17, 15) is 0 Å². The molecule has 0 bridgehead atoms. The fraction of sp³-hybridized carbons (Fsp3) is 0.833. The van der Waals surface area contributed by atoms with Gasteiger partial charge in [-0.2, -0.15) is 0 Å². The predicted octanol–water partition coefficient (Wildman–Crippen LogP) is 1.63. The number of rotatable bonds is 5. The SMILES string of the molecule is [C-]#[N+]CSCCCOC. The van der Waals surface area contributed by atoms with Gasteiger partial charge in [0.2, 0.25) is 0 Å². The molecular weight excluding hydrogens is 134 g/mol. The zero-order valence-corrected chi connectivity index (χ0v) is 6.41. The van der Waals surface area contributed by atoms with Crippen LogP contribution in [0.1, 0.15) is 6.42 Å². The van der Waals surface area contributed by atoms with E-state index in [1.165, 1.54) is 0 Å². The van der Waals surface area contributed by atoms with Crippen LogP contribution >= 0.6 is 11.8 Å². The van der Waals surface area contributed by atoms with E-state index in [1.54, 1.807) is 18.9 Å². The summed E-state index contributed by atoms with van der Waals surface area (Å²) in [6.07, 6.45) is 1.05. The van der Waals surface area contributed by atoms with Crippen LogP contribution in [0, 0.1) is 6.57 Å². The first-order chi connectivity index (χ1) is 4.41. The number of hydrogen-bond acceptors (Lipinski definition) is 2. The minimum atomic E-state index is 0.587. The van der Waals surface area contributed by atoms with Gasteiger partial charge in [-0.05, 0) is 6.42 Å². The Bertz CT molecular complexity index is 89.5. The number of hydrogen-bond donors (Lipinski definition) is 0. The third-order valence-corrected chi connectivity index (χ3v) is 1.68. The molecule has 0 atom stereocenters. The fourth-order valence-corrected chi connectivity index (χ4v) is 0.958. The van der Waals surface area contributed by atoms with Gasteiger partial charge < -0.3 is 9.58 Å². The summed E-state index contributed by atoms with van der Waals surface area (Å²) in [7, 11) is 1.69. The Morgan fingerprint density at radius 3 is 3.00 bits per heavy atom. The molecule has 9 heavy (non-hydrogen) atoms. The first-order valence-electron chi connectivity index (χ1n) is 2.81. The number of methoxy groups -OCH3 is 1. The van der Waals surface area contributed by atoms with Gasteiger partial charge in [-0.15, -0.1) is 0 Å². The van der Waals surface area contributed by atoms with E-state index < -0.39 is 0 Å². The Labute approximate surface area is 60.4 Å². The van der Waals surface area contributed by atoms with Crippen LogP contribution in [-0.2, 0) is 4.74 Å². The van der Waals surface area contributed by atoms with Crippen molar-refractivity contribution in [3.8, 4) is 0 Å². The van der Waals surface area contributed by atoms with Gasteiger partial charge in [0.1, 0.15) is 0 Å². The Kier molecular flexibility index (Phi) is 7.63. The van der Waals surface area contributed by atoms with E-state index >= 15 is 0 Å². The van der Waals surface area contributed by atoms with Crippen LogP contribution in [0.3, 0.4) is 0 Å². The molecule has 0 aliphatic heterocycles. The first-order valence-corrected chi connectivity index (χ1v) is 3.97. The van der Waals surface area contributed by atoms with Crippen molar-refractivity contribution in [3.63, 3.8) is 0 Å². The summed E-state index contributed by atoms with van der Waals surface area (Å²) in [5, 5.41) is 0. The molecule has 3 heteroatoms. The van der Waals surface area contributed by atoms with Crippen molar-refractivity contribution in [2.45, 2.75) is 6.42 Å². The summed E-state index contributed by atoms with van der Waals surface area (Å²) in [4.78, 5) is 3.21. The van der Waals surface area contributed by atoms with Gasteiger partial charge in [-0.3, -0.25) is 0 Å². The maximum absolute atomic E-state index is 6.46. The maximum Gasteiger partial charge on any atom is 0.260 e. The molecule has 0 unspecified atom stereocenters. The van der Waals surface area contributed by atoms with E-state index in [0.717, 1.165) is 18.8 Å². The van der Waals surface area contributed by atoms with E-state index in [0.29, 0.717) is 5.88 Å². The monoisotopic (exact) mass is 145 g/mol. The van der Waals surface area contributed by atoms with E-state index in [-0.39, 0.29) is 0 Å². The van der Waals surface area contributed by atoms with Crippen molar-refractivity contribution in [3.05, 3.63) is 11.4 Å². The molecule has 0 spiro atoms. The first kappa shape index (κ1) is 8.80. The van der Waals surface area contributed by atoms with Crippen LogP contribution in [-0.4, -0.2) is 25.3 Å². The lowest BCUT2D eigenvalue weighted by Gasteiger charge is -1.93. The Balaban J connectivity index is 2.69. The highest BCUT2D eigenvalue weighted by atomic mass is 32.2. The van der Waals surface area contributed by atoms with Crippen LogP contribution in [0.25, 0.3) is 4.85 Å². The average molecular weight is 145 g/mol. The molecule has 0 fully saturated rings. The van der Waals surface area contributed by atoms with Crippen LogP contribution in [0.5, 0.6) is 0 Å². The fourth-order valence-electron chi connectivity index (χ4n) is 0.416. The number of thioether (sulfide) groups is 1. The zero-order valence-electron chi connectivity index (χ0n) is 5.59. The minimum Gasteiger partial charge on any atom is -0.385 e. The van der Waals surface area contributed by atoms with Crippen molar-refractivity contribution in [1.29, 1.82) is 0 Å². The van der Waals surface area contributed by atoms with Gasteiger partial charge in [0.15, 0.2) is 0 Å². The minimum absolute atomic E-state index is 0.587. The molecule has 0 heterocycles. The molecule has 0 N–H and O–H groups in total. The highest BCUT2D eigenvalue weighted by molar-refractivity contribution is 7.99. The summed E-state index contributed by atoms with van der Waals surface area (Å²) >= 11 is 1.66. The molecule has 0 saturated heterocycles. The molecular formula is C6H11NOS. The van der Waals surface area contributed by atoms with Gasteiger partial charge in [-0.1, -0.05) is 11.8 Å². The summed E-state index contributed by atoms with van der Waals surface area (Å²) in [6.45, 7) is 7.27. The second-order valence-electron chi connectivity index (χ2n) is 1.54. The van der Waals surface area contributed by atoms with Crippen molar-refractivity contribution in [2.75, 3.05) is 25.3 Å². The summed E-state index contributed by atoms with van der Waals surface area (Å²) in [5.41, 5.74) is 0. The van der Waals surface area contributed by atoms with Gasteiger partial charge in [-0.25, -0.2) is 6.57 Å². The third-order valence-electron chi connectivity index (χ3n) is 0.793. The second-order valence-corrected chi connectivity index (χ2v) is 2.62. The summed E-state index contributed by atoms with van der Waals surface area (Å²) < 4.78 is 4.83. The molecule has 0 aromatic heterocycles. The average Bonchev–Trinajstić information content (AvgIpc) is 1.89. The van der Waals surface area contributed by atoms with Crippen molar-refractivity contribution < 1.29 is 4.74 Å². The topological polar surface area (TPSA) is 13.6 Å². The van der Waals surface area contributed by atoms with Gasteiger partial charge in [0, 0.05) is 19.5 Å². The Hall–Kier alpha value is -0.200. The van der Waals surface area contributed by atoms with Gasteiger partial charge >= 0.3 is 0 Å². The zero-order chi connectivity index (χ0) is 6.95. The lowest BCUT2D eigenvalue weighted by molar-refractivity contribution is 0.200. The van der Waals surface area contributed by atoms with E-state index in [2.05, 4.69) is 4.85 Å². The maximum atomic E-state index is 6.46. The standard InChI is InChI=1S/C6H11NOS/c1-7-6-9-5-3-4-8-2/h3-6H2,2H3. The molecule has 0 radical (unpaired) electrons. The van der Waals surface area contributed by atoms with Gasteiger partial charge in [0.05, 0.1) is 0 Å². The molecule has 2 nitrogen and oxygen atoms in total. The Morgan fingerprint density at radius 2 is 2.44 bits per heavy atom. The van der Waals surface area contributed by atoms with E-state index in [1.807, 2.05) is 0 Å². The molecule has 0 aliphatic carbocycles. The molecule has 52 valence electrons. The highest BCUT2D eigenvalue weighted by Gasteiger charge is 1.88. The van der Waals surface area contributed by atoms with Crippen LogP contribution < -0.4 is 0 Å². The molecule has 0 rings (SSSR count). The van der Waals surface area contributed by atoms with Crippen molar-refractivity contribution >= 4 is 11.8 Å². The molecule has 0 aliphatic rings. The lowest BCUT2D eigenvalue weighted by Crippen LogP contribution is -1.89.